The van der Waals surface area contributed by atoms with Gasteiger partial charge in [-0.25, -0.2) is 0 Å². The normalized spacial score (nSPS) is 17.7. The molecule has 0 atom stereocenters. The molecule has 4 nitrogen and oxygen atoms in total. The summed E-state index contributed by atoms with van der Waals surface area (Å²) in [5.41, 5.74) is 7.26. The number of hydrogen-bond donors (Lipinski definition) is 2. The summed E-state index contributed by atoms with van der Waals surface area (Å²) in [6.07, 6.45) is 6.78. The summed E-state index contributed by atoms with van der Waals surface area (Å²) in [7, 11) is 0. The topological polar surface area (TPSA) is 59.6 Å². The van der Waals surface area contributed by atoms with Crippen molar-refractivity contribution in [2.45, 2.75) is 50.9 Å². The highest BCUT2D eigenvalue weighted by Crippen LogP contribution is 2.36. The first-order chi connectivity index (χ1) is 11.7. The van der Waals surface area contributed by atoms with Crippen LogP contribution in [0.1, 0.15) is 51.0 Å². The zero-order valence-corrected chi connectivity index (χ0v) is 15.4. The van der Waals surface area contributed by atoms with Crippen LogP contribution in [0.25, 0.3) is 0 Å². The fourth-order valence-corrected chi connectivity index (χ4v) is 3.37. The smallest absolute Gasteiger partial charge is 0.188 e. The number of nitrogens with one attached hydrogen (secondary N) is 1. The van der Waals surface area contributed by atoms with E-state index in [9.17, 15) is 0 Å². The summed E-state index contributed by atoms with van der Waals surface area (Å²) >= 11 is 6.19. The van der Waals surface area contributed by atoms with E-state index in [0.717, 1.165) is 44.0 Å². The molecule has 5 heteroatoms. The maximum Gasteiger partial charge on any atom is 0.188 e. The molecule has 0 aromatic heterocycles. The molecule has 1 aliphatic heterocycles. The standard InChI is InChI=1S/C19H30ClN3O/c1-2-3-4-5-11-22-18(21)23-15-19(9-12-24-13-10-19)16-7-6-8-17(20)14-16/h6-8,14H,2-5,9-13,15H2,1H3,(H3,21,22,23). The van der Waals surface area contributed by atoms with E-state index in [4.69, 9.17) is 22.1 Å². The maximum absolute atomic E-state index is 6.19. The van der Waals surface area contributed by atoms with Gasteiger partial charge in [-0.1, -0.05) is 49.9 Å². The van der Waals surface area contributed by atoms with Crippen LogP contribution in [-0.4, -0.2) is 32.3 Å². The van der Waals surface area contributed by atoms with Crippen LogP contribution in [-0.2, 0) is 10.2 Å². The average molecular weight is 352 g/mol. The molecule has 24 heavy (non-hydrogen) atoms. The molecule has 3 N–H and O–H groups in total. The molecule has 0 saturated carbocycles. The Morgan fingerprint density at radius 2 is 2.08 bits per heavy atom. The lowest BCUT2D eigenvalue weighted by Gasteiger charge is -2.36. The summed E-state index contributed by atoms with van der Waals surface area (Å²) in [6.45, 7) is 5.29. The summed E-state index contributed by atoms with van der Waals surface area (Å²) in [5, 5.41) is 4.00. The van der Waals surface area contributed by atoms with Gasteiger partial charge in [0.25, 0.3) is 0 Å². The van der Waals surface area contributed by atoms with Crippen molar-refractivity contribution in [1.82, 2.24) is 5.32 Å². The van der Waals surface area contributed by atoms with Crippen LogP contribution in [0.3, 0.4) is 0 Å². The quantitative estimate of drug-likeness (QED) is 0.424. The molecule has 0 spiro atoms. The number of rotatable bonds is 8. The van der Waals surface area contributed by atoms with Gasteiger partial charge in [0.1, 0.15) is 0 Å². The molecule has 2 rings (SSSR count). The predicted octanol–water partition coefficient (Wildman–Crippen LogP) is 3.87. The first-order valence-electron chi connectivity index (χ1n) is 9.04. The number of nitrogens with zero attached hydrogens (tertiary/aromatic N) is 1. The van der Waals surface area contributed by atoms with Crippen molar-refractivity contribution in [2.75, 3.05) is 26.3 Å². The second kappa shape index (κ2) is 9.90. The highest BCUT2D eigenvalue weighted by Gasteiger charge is 2.34. The van der Waals surface area contributed by atoms with Crippen molar-refractivity contribution >= 4 is 17.6 Å². The summed E-state index contributed by atoms with van der Waals surface area (Å²) in [6, 6.07) is 8.11. The second-order valence-corrected chi connectivity index (χ2v) is 7.03. The molecule has 0 amide bonds. The van der Waals surface area contributed by atoms with Gasteiger partial charge in [0.2, 0.25) is 0 Å². The maximum atomic E-state index is 6.19. The van der Waals surface area contributed by atoms with Crippen LogP contribution >= 0.6 is 11.6 Å². The Labute approximate surface area is 150 Å². The lowest BCUT2D eigenvalue weighted by molar-refractivity contribution is 0.0531. The van der Waals surface area contributed by atoms with E-state index in [1.54, 1.807) is 0 Å². The molecule has 134 valence electrons. The molecule has 1 heterocycles. The zero-order chi connectivity index (χ0) is 17.3. The van der Waals surface area contributed by atoms with Gasteiger partial charge in [-0.2, -0.15) is 0 Å². The van der Waals surface area contributed by atoms with Crippen LogP contribution in [0.2, 0.25) is 5.02 Å². The van der Waals surface area contributed by atoms with Gasteiger partial charge in [-0.3, -0.25) is 4.99 Å². The monoisotopic (exact) mass is 351 g/mol. The van der Waals surface area contributed by atoms with Crippen LogP contribution in [0.4, 0.5) is 0 Å². The van der Waals surface area contributed by atoms with E-state index in [-0.39, 0.29) is 5.41 Å². The Balaban J connectivity index is 1.97. The van der Waals surface area contributed by atoms with Crippen molar-refractivity contribution in [3.63, 3.8) is 0 Å². The number of guanidine groups is 1. The molecule has 1 aromatic rings. The summed E-state index contributed by atoms with van der Waals surface area (Å²) in [4.78, 5) is 4.63. The third-order valence-corrected chi connectivity index (χ3v) is 5.01. The molecule has 0 bridgehead atoms. The SMILES string of the molecule is CCCCCCNC(N)=NCC1(c2cccc(Cl)c2)CCOCC1. The van der Waals surface area contributed by atoms with Gasteiger partial charge < -0.3 is 15.8 Å². The van der Waals surface area contributed by atoms with E-state index in [1.807, 2.05) is 12.1 Å². The largest absolute Gasteiger partial charge is 0.381 e. The molecule has 0 unspecified atom stereocenters. The van der Waals surface area contributed by atoms with Crippen molar-refractivity contribution in [3.8, 4) is 0 Å². The van der Waals surface area contributed by atoms with E-state index < -0.39 is 0 Å². The zero-order valence-electron chi connectivity index (χ0n) is 14.7. The highest BCUT2D eigenvalue weighted by molar-refractivity contribution is 6.30. The van der Waals surface area contributed by atoms with Gasteiger partial charge in [-0.15, -0.1) is 0 Å². The summed E-state index contributed by atoms with van der Waals surface area (Å²) in [5.74, 6) is 0.541. The Morgan fingerprint density at radius 3 is 2.79 bits per heavy atom. The highest BCUT2D eigenvalue weighted by atomic mass is 35.5. The van der Waals surface area contributed by atoms with Crippen molar-refractivity contribution in [2.24, 2.45) is 10.7 Å². The molecular formula is C19H30ClN3O. The van der Waals surface area contributed by atoms with Gasteiger partial charge in [-0.05, 0) is 37.0 Å². The lowest BCUT2D eigenvalue weighted by atomic mass is 9.74. The first-order valence-corrected chi connectivity index (χ1v) is 9.42. The van der Waals surface area contributed by atoms with Gasteiger partial charge in [0.05, 0.1) is 6.54 Å². The molecular weight excluding hydrogens is 322 g/mol. The minimum absolute atomic E-state index is 0.0301. The van der Waals surface area contributed by atoms with Gasteiger partial charge in [0.15, 0.2) is 5.96 Å². The molecule has 1 aliphatic rings. The Bertz CT molecular complexity index is 527. The first kappa shape index (κ1) is 19.1. The number of halogens is 1. The van der Waals surface area contributed by atoms with Crippen LogP contribution < -0.4 is 11.1 Å². The Kier molecular flexibility index (Phi) is 7.86. The molecule has 0 aliphatic carbocycles. The third kappa shape index (κ3) is 5.67. The minimum atomic E-state index is -0.0301. The molecule has 0 radical (unpaired) electrons. The van der Waals surface area contributed by atoms with E-state index >= 15 is 0 Å². The fourth-order valence-electron chi connectivity index (χ4n) is 3.18. The van der Waals surface area contributed by atoms with Crippen molar-refractivity contribution in [3.05, 3.63) is 34.9 Å². The minimum Gasteiger partial charge on any atom is -0.381 e. The average Bonchev–Trinajstić information content (AvgIpc) is 2.61. The second-order valence-electron chi connectivity index (χ2n) is 6.59. The fraction of sp³-hybridized carbons (Fsp3) is 0.632. The number of benzene rings is 1. The van der Waals surface area contributed by atoms with Gasteiger partial charge >= 0.3 is 0 Å². The predicted molar refractivity (Wildman–Crippen MR) is 102 cm³/mol. The van der Waals surface area contributed by atoms with Gasteiger partial charge in [0, 0.05) is 30.2 Å². The number of aliphatic imine (C=N–C) groups is 1. The van der Waals surface area contributed by atoms with Crippen LogP contribution in [0.5, 0.6) is 0 Å². The molecule has 1 aromatic carbocycles. The van der Waals surface area contributed by atoms with E-state index in [0.29, 0.717) is 12.5 Å². The lowest BCUT2D eigenvalue weighted by Crippen LogP contribution is -2.39. The van der Waals surface area contributed by atoms with Crippen LogP contribution in [0, 0.1) is 0 Å². The Hall–Kier alpha value is -1.26. The Morgan fingerprint density at radius 1 is 1.29 bits per heavy atom. The van der Waals surface area contributed by atoms with E-state index in [2.05, 4.69) is 29.4 Å². The summed E-state index contributed by atoms with van der Waals surface area (Å²) < 4.78 is 5.56. The number of nitrogens with two attached hydrogens (primary N) is 1. The van der Waals surface area contributed by atoms with Crippen molar-refractivity contribution < 1.29 is 4.74 Å². The third-order valence-electron chi connectivity index (χ3n) is 4.78. The molecule has 1 fully saturated rings. The number of unbranched alkanes of at least 4 members (excludes halogenated alkanes) is 3. The van der Waals surface area contributed by atoms with Crippen LogP contribution in [0.15, 0.2) is 29.3 Å². The van der Waals surface area contributed by atoms with Crippen molar-refractivity contribution in [1.29, 1.82) is 0 Å². The number of ether oxygens (including phenoxy) is 1. The van der Waals surface area contributed by atoms with E-state index in [1.165, 1.54) is 24.8 Å². The molecule has 1 saturated heterocycles. The number of hydrogen-bond acceptors (Lipinski definition) is 2.